The molecule has 2 unspecified atom stereocenters. The van der Waals surface area contributed by atoms with Crippen LogP contribution in [0.3, 0.4) is 0 Å². The second-order valence-corrected chi connectivity index (χ2v) is 21.0. The number of nitrogens with zero attached hydrogens (tertiary/aromatic N) is 4. The molecule has 0 spiro atoms. The van der Waals surface area contributed by atoms with Crippen molar-refractivity contribution in [3.8, 4) is 0 Å². The lowest BCUT2D eigenvalue weighted by Crippen LogP contribution is -2.46. The summed E-state index contributed by atoms with van der Waals surface area (Å²) in [7, 11) is -16.4. The van der Waals surface area contributed by atoms with Crippen molar-refractivity contribution in [3.63, 3.8) is 0 Å². The molecule has 28 heteroatoms. The van der Waals surface area contributed by atoms with Crippen LogP contribution in [-0.4, -0.2) is 123 Å². The summed E-state index contributed by atoms with van der Waals surface area (Å²) in [5.41, 5.74) is 4.27. The molecular weight excluding hydrogens is 939 g/mol. The van der Waals surface area contributed by atoms with Gasteiger partial charge in [-0.1, -0.05) is 102 Å². The molecule has 2 amide bonds. The normalized spacial score (nSPS) is 20.6. The van der Waals surface area contributed by atoms with Crippen molar-refractivity contribution in [1.82, 2.24) is 30.2 Å². The number of allylic oxidation sites excluding steroid dienone is 3. The molecule has 1 fully saturated rings. The number of aliphatic hydroxyl groups excluding tert-OH is 2. The predicted molar refractivity (Wildman–Crippen MR) is 237 cm³/mol. The number of fused-ring (bicyclic) bond motifs is 1. The van der Waals surface area contributed by atoms with Crippen LogP contribution in [0.5, 0.6) is 0 Å². The van der Waals surface area contributed by atoms with Gasteiger partial charge in [-0.15, -0.1) is 0 Å². The molecule has 1 aliphatic rings. The second-order valence-electron chi connectivity index (χ2n) is 15.6. The van der Waals surface area contributed by atoms with Crippen LogP contribution in [0, 0.1) is 5.41 Å². The van der Waals surface area contributed by atoms with E-state index < -0.39 is 84.6 Å². The van der Waals surface area contributed by atoms with Crippen molar-refractivity contribution in [1.29, 1.82) is 0 Å². The number of carbonyl (C=O) groups excluding carboxylic acids is 3. The maximum absolute atomic E-state index is 12.7. The Morgan fingerprint density at radius 3 is 2.29 bits per heavy atom. The first-order chi connectivity index (χ1) is 30.6. The predicted octanol–water partition coefficient (Wildman–Crippen LogP) is 3.70. The zero-order chi connectivity index (χ0) is 48.3. The first-order valence-corrected chi connectivity index (χ1v) is 26.5. The number of aliphatic hydroxyl groups is 2. The number of imidazole rings is 1. The molecule has 2 aromatic heterocycles. The Labute approximate surface area is 381 Å². The monoisotopic (exact) mass is 1000 g/mol. The molecule has 2 aromatic rings. The van der Waals surface area contributed by atoms with E-state index in [9.17, 15) is 57.9 Å². The first-order valence-electron chi connectivity index (χ1n) is 20.9. The minimum atomic E-state index is -5.58. The molecule has 7 atom stereocenters. The summed E-state index contributed by atoms with van der Waals surface area (Å²) < 4.78 is 62.3. The molecule has 65 heavy (non-hydrogen) atoms. The molecule has 1 aliphatic heterocycles. The lowest BCUT2D eigenvalue weighted by Gasteiger charge is -2.30. The number of carbonyl (C=O) groups is 3. The molecule has 24 nitrogen and oxygen atoms in total. The van der Waals surface area contributed by atoms with E-state index in [1.807, 2.05) is 12.2 Å². The zero-order valence-electron chi connectivity index (χ0n) is 36.5. The molecule has 0 aliphatic carbocycles. The second kappa shape index (κ2) is 27.1. The fourth-order valence-electron chi connectivity index (χ4n) is 6.21. The van der Waals surface area contributed by atoms with Crippen molar-refractivity contribution < 1.29 is 80.5 Å². The number of anilines is 1. The van der Waals surface area contributed by atoms with Gasteiger partial charge < -0.3 is 50.9 Å². The standard InChI is InChI=1S/C37H62N7O17P3S/c1-4-5-6-7-8-9-10-11-12-13-14-15-16-17-28(46)65-21-20-39-27(45)18-19-40-35(49)32(48)37(2,3)23-58-64(55,56)61-63(53,54)57-22-26-31(60-62(50,51)52)30(47)36(59-26)44-25-43-29-33(38)41-24-42-34(29)44/h14-17,24-26,30-32,36,47-48H,4-13,18-23H2,1-3H3,(H,39,45)(H,40,49)(H,53,54)(H,55,56)(H2,38,41,42)(H2,50,51,52)/b15-14-,17-16+/t26-,30-,31-,32+,36-/m1/s1. The summed E-state index contributed by atoms with van der Waals surface area (Å²) in [6.07, 6.45) is 12.4. The van der Waals surface area contributed by atoms with E-state index in [4.69, 9.17) is 19.5 Å². The number of hydrogen-bond donors (Lipinski definition) is 9. The Bertz CT molecular complexity index is 2050. The Morgan fingerprint density at radius 2 is 1.62 bits per heavy atom. The summed E-state index contributed by atoms with van der Waals surface area (Å²) in [6.45, 7) is 2.70. The van der Waals surface area contributed by atoms with Gasteiger partial charge in [0.1, 0.15) is 36.3 Å². The van der Waals surface area contributed by atoms with E-state index in [0.717, 1.165) is 41.8 Å². The van der Waals surface area contributed by atoms with E-state index in [1.54, 1.807) is 6.08 Å². The minimum Gasteiger partial charge on any atom is -0.386 e. The third-order valence-corrected chi connectivity index (χ3v) is 13.6. The van der Waals surface area contributed by atoms with Gasteiger partial charge in [-0.05, 0) is 18.9 Å². The SMILES string of the molecule is CCCCCCCCCCC/C=C\C=C\C(=O)SCCNC(=O)CCNC(=O)[C@H](O)C(C)(C)COP(=O)(O)OP(=O)(O)OC[C@H]1O[C@@H](n2cnc3c(N)ncnc32)[C@H](O)[C@@H]1OP(=O)(O)O. The van der Waals surface area contributed by atoms with Crippen LogP contribution in [0.1, 0.15) is 97.6 Å². The Morgan fingerprint density at radius 1 is 0.954 bits per heavy atom. The van der Waals surface area contributed by atoms with E-state index in [1.165, 1.54) is 71.3 Å². The highest BCUT2D eigenvalue weighted by atomic mass is 32.2. The van der Waals surface area contributed by atoms with Crippen molar-refractivity contribution >= 4 is 69.1 Å². The third-order valence-electron chi connectivity index (χ3n) is 9.70. The number of rotatable bonds is 31. The van der Waals surface area contributed by atoms with Gasteiger partial charge in [-0.3, -0.25) is 32.5 Å². The minimum absolute atomic E-state index is 0.0309. The maximum Gasteiger partial charge on any atom is 0.481 e. The van der Waals surface area contributed by atoms with Crippen LogP contribution < -0.4 is 16.4 Å². The number of nitrogens with two attached hydrogens (primary N) is 1. The van der Waals surface area contributed by atoms with Crippen LogP contribution in [0.15, 0.2) is 37.0 Å². The number of hydrogen-bond acceptors (Lipinski definition) is 18. The number of phosphoric ester groups is 3. The highest BCUT2D eigenvalue weighted by Crippen LogP contribution is 2.61. The molecule has 0 saturated carbocycles. The topological polar surface area (TPSA) is 364 Å². The lowest BCUT2D eigenvalue weighted by atomic mass is 9.87. The average molecular weight is 1000 g/mol. The number of aromatic nitrogens is 4. The largest absolute Gasteiger partial charge is 0.481 e. The van der Waals surface area contributed by atoms with Gasteiger partial charge >= 0.3 is 23.5 Å². The van der Waals surface area contributed by atoms with Crippen LogP contribution in [0.4, 0.5) is 5.82 Å². The Balaban J connectivity index is 1.35. The van der Waals surface area contributed by atoms with Gasteiger partial charge in [0.15, 0.2) is 17.7 Å². The summed E-state index contributed by atoms with van der Waals surface area (Å²) in [5, 5.41) is 26.3. The van der Waals surface area contributed by atoms with Gasteiger partial charge in [0.25, 0.3) is 0 Å². The highest BCUT2D eigenvalue weighted by molar-refractivity contribution is 8.14. The van der Waals surface area contributed by atoms with Crippen molar-refractivity contribution in [2.75, 3.05) is 37.8 Å². The quantitative estimate of drug-likeness (QED) is 0.0225. The first kappa shape index (κ1) is 56.4. The molecule has 10 N–H and O–H groups in total. The number of ether oxygens (including phenoxy) is 1. The maximum atomic E-state index is 12.7. The Kier molecular flexibility index (Phi) is 23.5. The Hall–Kier alpha value is -2.96. The van der Waals surface area contributed by atoms with Gasteiger partial charge in [0.2, 0.25) is 16.9 Å². The zero-order valence-corrected chi connectivity index (χ0v) is 40.0. The smallest absolute Gasteiger partial charge is 0.386 e. The van der Waals surface area contributed by atoms with E-state index in [-0.39, 0.29) is 41.6 Å². The number of nitrogens with one attached hydrogen (secondary N) is 2. The fourth-order valence-corrected chi connectivity index (χ4v) is 9.62. The summed E-state index contributed by atoms with van der Waals surface area (Å²) in [6, 6.07) is 0. The van der Waals surface area contributed by atoms with Gasteiger partial charge in [-0.2, -0.15) is 4.31 Å². The lowest BCUT2D eigenvalue weighted by molar-refractivity contribution is -0.137. The molecular formula is C37H62N7O17P3S. The molecule has 3 heterocycles. The molecule has 368 valence electrons. The number of amides is 2. The van der Waals surface area contributed by atoms with Gasteiger partial charge in [-0.25, -0.2) is 28.6 Å². The van der Waals surface area contributed by atoms with E-state index in [0.29, 0.717) is 5.75 Å². The van der Waals surface area contributed by atoms with Crippen molar-refractivity contribution in [3.05, 3.63) is 37.0 Å². The van der Waals surface area contributed by atoms with E-state index in [2.05, 4.69) is 41.3 Å². The van der Waals surface area contributed by atoms with Crippen LogP contribution in [-0.2, 0) is 50.7 Å². The molecule has 0 aromatic carbocycles. The van der Waals surface area contributed by atoms with Crippen molar-refractivity contribution in [2.45, 2.75) is 122 Å². The third kappa shape index (κ3) is 20.4. The fraction of sp³-hybridized carbons (Fsp3) is 0.676. The van der Waals surface area contributed by atoms with Crippen molar-refractivity contribution in [2.24, 2.45) is 5.41 Å². The number of phosphoric acid groups is 3. The highest BCUT2D eigenvalue weighted by Gasteiger charge is 2.50. The molecule has 3 rings (SSSR count). The number of nitrogen functional groups attached to an aromatic ring is 1. The molecule has 1 saturated heterocycles. The van der Waals surface area contributed by atoms with Gasteiger partial charge in [0, 0.05) is 30.7 Å². The van der Waals surface area contributed by atoms with E-state index >= 15 is 0 Å². The van der Waals surface area contributed by atoms with Gasteiger partial charge in [0.05, 0.1) is 19.5 Å². The molecule has 0 bridgehead atoms. The summed E-state index contributed by atoms with van der Waals surface area (Å²) in [4.78, 5) is 88.1. The van der Waals surface area contributed by atoms with Crippen LogP contribution >= 0.6 is 35.2 Å². The summed E-state index contributed by atoms with van der Waals surface area (Å²) >= 11 is 1.03. The number of thioether (sulfide) groups is 1. The number of unbranched alkanes of at least 4 members (excludes halogenated alkanes) is 9. The van der Waals surface area contributed by atoms with Crippen LogP contribution in [0.25, 0.3) is 11.2 Å². The van der Waals surface area contributed by atoms with Crippen LogP contribution in [0.2, 0.25) is 0 Å². The summed E-state index contributed by atoms with van der Waals surface area (Å²) in [5.74, 6) is -1.14. The molecule has 0 radical (unpaired) electrons. The average Bonchev–Trinajstić information content (AvgIpc) is 3.79.